The molecule has 0 spiro atoms. The summed E-state index contributed by atoms with van der Waals surface area (Å²) in [6, 6.07) is 11.3. The Morgan fingerprint density at radius 2 is 1.89 bits per heavy atom. The van der Waals surface area contributed by atoms with Crippen molar-refractivity contribution in [1.29, 1.82) is 0 Å². The van der Waals surface area contributed by atoms with Gasteiger partial charge < -0.3 is 14.6 Å². The Kier molecular flexibility index (Phi) is 6.14. The Balaban J connectivity index is 1.44. The number of ether oxygens (including phenoxy) is 1. The maximum absolute atomic E-state index is 12.0. The van der Waals surface area contributed by atoms with Crippen molar-refractivity contribution in [2.45, 2.75) is 39.3 Å². The first-order chi connectivity index (χ1) is 13.1. The molecule has 1 amide bonds. The minimum atomic E-state index is -0.0684. The van der Waals surface area contributed by atoms with Gasteiger partial charge in [0, 0.05) is 37.3 Å². The number of rotatable bonds is 8. The smallest absolute Gasteiger partial charge is 0.227 e. The molecule has 0 radical (unpaired) electrons. The van der Waals surface area contributed by atoms with Crippen LogP contribution in [0.3, 0.4) is 0 Å². The van der Waals surface area contributed by atoms with E-state index >= 15 is 0 Å². The molecule has 0 aliphatic heterocycles. The maximum atomic E-state index is 12.0. The van der Waals surface area contributed by atoms with Gasteiger partial charge in [-0.05, 0) is 43.7 Å². The summed E-state index contributed by atoms with van der Waals surface area (Å²) in [6.45, 7) is 4.43. The summed E-state index contributed by atoms with van der Waals surface area (Å²) in [4.78, 5) is 20.3. The van der Waals surface area contributed by atoms with Crippen LogP contribution in [0.25, 0.3) is 11.4 Å². The molecule has 140 valence electrons. The average molecular weight is 366 g/mol. The van der Waals surface area contributed by atoms with Gasteiger partial charge in [0.05, 0.1) is 6.10 Å². The minimum Gasteiger partial charge on any atom is -0.491 e. The Labute approximate surface area is 157 Å². The highest BCUT2D eigenvalue weighted by Gasteiger charge is 2.10. The van der Waals surface area contributed by atoms with Crippen molar-refractivity contribution in [2.24, 2.45) is 0 Å². The third kappa shape index (κ3) is 5.64. The number of carbonyl (C=O) groups is 1. The van der Waals surface area contributed by atoms with E-state index in [1.807, 2.05) is 38.1 Å². The predicted molar refractivity (Wildman–Crippen MR) is 99.9 cm³/mol. The minimum absolute atomic E-state index is 0.0684. The largest absolute Gasteiger partial charge is 0.491 e. The normalized spacial score (nSPS) is 10.8. The number of carbonyl (C=O) groups excluding carboxylic acids is 1. The summed E-state index contributed by atoms with van der Waals surface area (Å²) in [6.07, 6.45) is 4.15. The molecule has 0 saturated heterocycles. The van der Waals surface area contributed by atoms with Crippen molar-refractivity contribution in [2.75, 3.05) is 0 Å². The molecule has 7 heteroatoms. The fourth-order valence-corrected chi connectivity index (χ4v) is 2.44. The highest BCUT2D eigenvalue weighted by molar-refractivity contribution is 5.76. The maximum Gasteiger partial charge on any atom is 0.227 e. The summed E-state index contributed by atoms with van der Waals surface area (Å²) in [5.74, 6) is 1.69. The number of hydrogen-bond acceptors (Lipinski definition) is 6. The molecular weight excluding hydrogens is 344 g/mol. The molecule has 0 bridgehead atoms. The second-order valence-electron chi connectivity index (χ2n) is 6.33. The van der Waals surface area contributed by atoms with E-state index in [4.69, 9.17) is 9.26 Å². The van der Waals surface area contributed by atoms with E-state index in [2.05, 4.69) is 20.4 Å². The van der Waals surface area contributed by atoms with Gasteiger partial charge in [0.25, 0.3) is 0 Å². The molecule has 0 aliphatic carbocycles. The van der Waals surface area contributed by atoms with Gasteiger partial charge in [0.15, 0.2) is 0 Å². The fourth-order valence-electron chi connectivity index (χ4n) is 2.44. The summed E-state index contributed by atoms with van der Waals surface area (Å²) in [7, 11) is 0. The molecule has 0 atom stereocenters. The number of nitrogens with zero attached hydrogens (tertiary/aromatic N) is 3. The Morgan fingerprint density at radius 3 is 2.59 bits per heavy atom. The highest BCUT2D eigenvalue weighted by atomic mass is 16.5. The summed E-state index contributed by atoms with van der Waals surface area (Å²) in [5.41, 5.74) is 1.84. The van der Waals surface area contributed by atoms with Gasteiger partial charge in [0.1, 0.15) is 5.75 Å². The van der Waals surface area contributed by atoms with Crippen LogP contribution in [-0.2, 0) is 17.8 Å². The third-order valence-corrected chi connectivity index (χ3v) is 3.76. The molecule has 7 nitrogen and oxygen atoms in total. The number of benzene rings is 1. The zero-order valence-corrected chi connectivity index (χ0v) is 15.4. The lowest BCUT2D eigenvalue weighted by Gasteiger charge is -2.10. The molecule has 0 saturated carbocycles. The molecule has 2 heterocycles. The van der Waals surface area contributed by atoms with Gasteiger partial charge in [-0.15, -0.1) is 0 Å². The number of aryl methyl sites for hydroxylation is 1. The van der Waals surface area contributed by atoms with Crippen LogP contribution in [0.2, 0.25) is 0 Å². The molecule has 0 unspecified atom stereocenters. The van der Waals surface area contributed by atoms with Crippen molar-refractivity contribution in [3.8, 4) is 17.1 Å². The zero-order chi connectivity index (χ0) is 19.1. The van der Waals surface area contributed by atoms with Gasteiger partial charge in [-0.1, -0.05) is 17.3 Å². The Morgan fingerprint density at radius 1 is 1.15 bits per heavy atom. The van der Waals surface area contributed by atoms with Gasteiger partial charge in [-0.2, -0.15) is 4.98 Å². The third-order valence-electron chi connectivity index (χ3n) is 3.76. The van der Waals surface area contributed by atoms with Crippen LogP contribution < -0.4 is 10.1 Å². The summed E-state index contributed by atoms with van der Waals surface area (Å²) in [5, 5.41) is 6.82. The summed E-state index contributed by atoms with van der Waals surface area (Å²) < 4.78 is 10.8. The van der Waals surface area contributed by atoms with Crippen LogP contribution in [0, 0.1) is 0 Å². The van der Waals surface area contributed by atoms with Crippen molar-refractivity contribution in [3.05, 3.63) is 60.2 Å². The van der Waals surface area contributed by atoms with E-state index in [1.54, 1.807) is 24.5 Å². The van der Waals surface area contributed by atoms with E-state index < -0.39 is 0 Å². The van der Waals surface area contributed by atoms with Crippen LogP contribution in [-0.4, -0.2) is 27.1 Å². The second kappa shape index (κ2) is 8.93. The van der Waals surface area contributed by atoms with Gasteiger partial charge in [0.2, 0.25) is 17.6 Å². The first kappa shape index (κ1) is 18.6. The molecule has 1 N–H and O–H groups in total. The molecule has 0 aliphatic rings. The van der Waals surface area contributed by atoms with Crippen molar-refractivity contribution in [3.63, 3.8) is 0 Å². The number of amides is 1. The number of nitrogens with one attached hydrogen (secondary N) is 1. The number of hydrogen-bond donors (Lipinski definition) is 1. The first-order valence-electron chi connectivity index (χ1n) is 8.85. The molecule has 3 aromatic rings. The topological polar surface area (TPSA) is 90.1 Å². The van der Waals surface area contributed by atoms with E-state index in [-0.39, 0.29) is 18.4 Å². The number of pyridine rings is 1. The molecule has 27 heavy (non-hydrogen) atoms. The van der Waals surface area contributed by atoms with E-state index in [0.717, 1.165) is 16.9 Å². The highest BCUT2D eigenvalue weighted by Crippen LogP contribution is 2.15. The Bertz CT molecular complexity index is 860. The van der Waals surface area contributed by atoms with Crippen LogP contribution in [0.5, 0.6) is 5.75 Å². The van der Waals surface area contributed by atoms with Gasteiger partial charge >= 0.3 is 0 Å². The van der Waals surface area contributed by atoms with Crippen LogP contribution in [0.1, 0.15) is 31.7 Å². The monoisotopic (exact) mass is 366 g/mol. The zero-order valence-electron chi connectivity index (χ0n) is 15.4. The predicted octanol–water partition coefficient (Wildman–Crippen LogP) is 3.17. The van der Waals surface area contributed by atoms with Crippen molar-refractivity contribution >= 4 is 5.91 Å². The van der Waals surface area contributed by atoms with Crippen LogP contribution in [0.4, 0.5) is 0 Å². The lowest BCUT2D eigenvalue weighted by Crippen LogP contribution is -2.23. The van der Waals surface area contributed by atoms with Crippen molar-refractivity contribution in [1.82, 2.24) is 20.4 Å². The number of aromatic nitrogens is 3. The molecular formula is C20H22N4O3. The van der Waals surface area contributed by atoms with Crippen LogP contribution in [0.15, 0.2) is 53.3 Å². The fraction of sp³-hybridized carbons (Fsp3) is 0.300. The van der Waals surface area contributed by atoms with Gasteiger partial charge in [-0.3, -0.25) is 9.78 Å². The second-order valence-corrected chi connectivity index (χ2v) is 6.33. The van der Waals surface area contributed by atoms with E-state index in [0.29, 0.717) is 24.7 Å². The van der Waals surface area contributed by atoms with E-state index in [9.17, 15) is 4.79 Å². The molecule has 0 fully saturated rings. The standard InChI is InChI=1S/C20H22N4O3/c1-14(2)26-17-5-3-15(4-6-17)13-22-18(25)7-8-19-23-20(24-27-19)16-9-11-21-12-10-16/h3-6,9-12,14H,7-8,13H2,1-2H3,(H,22,25). The summed E-state index contributed by atoms with van der Waals surface area (Å²) >= 11 is 0. The average Bonchev–Trinajstić information content (AvgIpc) is 3.15. The molecule has 1 aromatic carbocycles. The van der Waals surface area contributed by atoms with Gasteiger partial charge in [-0.25, -0.2) is 0 Å². The van der Waals surface area contributed by atoms with E-state index in [1.165, 1.54) is 0 Å². The quantitative estimate of drug-likeness (QED) is 0.658. The van der Waals surface area contributed by atoms with Crippen molar-refractivity contribution < 1.29 is 14.1 Å². The van der Waals surface area contributed by atoms with Crippen LogP contribution >= 0.6 is 0 Å². The SMILES string of the molecule is CC(C)Oc1ccc(CNC(=O)CCc2nc(-c3ccncc3)no2)cc1. The lowest BCUT2D eigenvalue weighted by molar-refractivity contribution is -0.121. The molecule has 2 aromatic heterocycles. The molecule has 3 rings (SSSR count). The lowest BCUT2D eigenvalue weighted by atomic mass is 10.2. The first-order valence-corrected chi connectivity index (χ1v) is 8.85. The Hall–Kier alpha value is -3.22.